The third kappa shape index (κ3) is 2.15. The third-order valence-electron chi connectivity index (χ3n) is 5.06. The second kappa shape index (κ2) is 4.50. The Kier molecular flexibility index (Phi) is 3.06. The van der Waals surface area contributed by atoms with Crippen LogP contribution in [-0.2, 0) is 0 Å². The highest BCUT2D eigenvalue weighted by atomic mass is 16.2. The lowest BCUT2D eigenvalue weighted by atomic mass is 9.72. The molecule has 19 heavy (non-hydrogen) atoms. The summed E-state index contributed by atoms with van der Waals surface area (Å²) in [6.45, 7) is 5.06. The first-order valence-corrected chi connectivity index (χ1v) is 7.70. The fourth-order valence-electron chi connectivity index (χ4n) is 3.98. The molecule has 0 radical (unpaired) electrons. The van der Waals surface area contributed by atoms with E-state index >= 15 is 0 Å². The van der Waals surface area contributed by atoms with Gasteiger partial charge >= 0.3 is 6.03 Å². The van der Waals surface area contributed by atoms with Crippen molar-refractivity contribution < 1.29 is 4.79 Å². The molecule has 3 rings (SSSR count). The molecule has 106 valence electrons. The average molecular weight is 263 g/mol. The highest BCUT2D eigenvalue weighted by Gasteiger charge is 2.53. The molecule has 1 spiro atoms. The first-order chi connectivity index (χ1) is 9.03. The van der Waals surface area contributed by atoms with Crippen molar-refractivity contribution in [3.05, 3.63) is 0 Å². The van der Waals surface area contributed by atoms with Crippen LogP contribution < -0.4 is 5.32 Å². The molecule has 2 amide bonds. The van der Waals surface area contributed by atoms with Crippen LogP contribution in [0.5, 0.6) is 0 Å². The summed E-state index contributed by atoms with van der Waals surface area (Å²) in [6, 6.07) is -0.0462. The Balaban J connectivity index is 1.84. The van der Waals surface area contributed by atoms with Crippen LogP contribution in [0.15, 0.2) is 0 Å². The van der Waals surface area contributed by atoms with Crippen LogP contribution in [0.4, 0.5) is 4.79 Å². The molecular formula is C15H25N3O. The van der Waals surface area contributed by atoms with Gasteiger partial charge in [0.15, 0.2) is 0 Å². The van der Waals surface area contributed by atoms with Gasteiger partial charge in [0.1, 0.15) is 11.4 Å². The number of hydrogen-bond acceptors (Lipinski definition) is 2. The fourth-order valence-corrected chi connectivity index (χ4v) is 3.98. The fraction of sp³-hybridized carbons (Fsp3) is 0.867. The largest absolute Gasteiger partial charge is 0.323 e. The average Bonchev–Trinajstić information content (AvgIpc) is 3.16. The maximum Gasteiger partial charge on any atom is 0.323 e. The van der Waals surface area contributed by atoms with Crippen molar-refractivity contribution in [2.75, 3.05) is 6.54 Å². The van der Waals surface area contributed by atoms with Gasteiger partial charge in [-0.3, -0.25) is 10.7 Å². The normalized spacial score (nSPS) is 35.3. The van der Waals surface area contributed by atoms with E-state index in [4.69, 9.17) is 5.41 Å². The Morgan fingerprint density at radius 1 is 1.37 bits per heavy atom. The van der Waals surface area contributed by atoms with Crippen molar-refractivity contribution in [3.63, 3.8) is 0 Å². The molecule has 2 N–H and O–H groups in total. The van der Waals surface area contributed by atoms with E-state index in [1.54, 1.807) is 0 Å². The highest BCUT2D eigenvalue weighted by molar-refractivity contribution is 6.08. The SMILES string of the molecule is CC(C)CN1C(=O)NC(=N)C12CCCC(C1CC1)C2. The molecular weight excluding hydrogens is 238 g/mol. The molecule has 2 atom stereocenters. The highest BCUT2D eigenvalue weighted by Crippen LogP contribution is 2.49. The van der Waals surface area contributed by atoms with Crippen LogP contribution in [0.25, 0.3) is 0 Å². The van der Waals surface area contributed by atoms with Crippen LogP contribution in [-0.4, -0.2) is 28.9 Å². The van der Waals surface area contributed by atoms with Crippen LogP contribution in [0.2, 0.25) is 0 Å². The van der Waals surface area contributed by atoms with E-state index in [1.807, 2.05) is 4.90 Å². The second-order valence-corrected chi connectivity index (χ2v) is 7.04. The monoisotopic (exact) mass is 263 g/mol. The number of amides is 2. The minimum absolute atomic E-state index is 0.0462. The topological polar surface area (TPSA) is 56.2 Å². The molecule has 2 aliphatic carbocycles. The summed E-state index contributed by atoms with van der Waals surface area (Å²) in [5.74, 6) is 2.52. The standard InChI is InChI=1S/C15H25N3O/c1-10(2)9-18-14(19)17-13(16)15(18)7-3-4-12(8-15)11-5-6-11/h10-12H,3-9H2,1-2H3,(H2,16,17,19). The molecule has 3 fully saturated rings. The van der Waals surface area contributed by atoms with Crippen LogP contribution in [0.3, 0.4) is 0 Å². The van der Waals surface area contributed by atoms with Gasteiger partial charge < -0.3 is 4.90 Å². The van der Waals surface area contributed by atoms with Crippen LogP contribution in [0, 0.1) is 23.2 Å². The summed E-state index contributed by atoms with van der Waals surface area (Å²) >= 11 is 0. The zero-order valence-electron chi connectivity index (χ0n) is 12.0. The number of carbonyl (C=O) groups excluding carboxylic acids is 1. The van der Waals surface area contributed by atoms with Gasteiger partial charge in [-0.25, -0.2) is 4.79 Å². The Hall–Kier alpha value is -1.06. The van der Waals surface area contributed by atoms with Gasteiger partial charge in [0.25, 0.3) is 0 Å². The van der Waals surface area contributed by atoms with Gasteiger partial charge in [-0.2, -0.15) is 0 Å². The smallest absolute Gasteiger partial charge is 0.311 e. The maximum atomic E-state index is 12.2. The number of carbonyl (C=O) groups is 1. The molecule has 4 nitrogen and oxygen atoms in total. The Bertz CT molecular complexity index is 402. The molecule has 4 heteroatoms. The number of nitrogens with one attached hydrogen (secondary N) is 2. The van der Waals surface area contributed by atoms with E-state index < -0.39 is 0 Å². The van der Waals surface area contributed by atoms with E-state index in [9.17, 15) is 4.79 Å². The van der Waals surface area contributed by atoms with Gasteiger partial charge in [0, 0.05) is 6.54 Å². The number of hydrogen-bond donors (Lipinski definition) is 2. The van der Waals surface area contributed by atoms with E-state index in [-0.39, 0.29) is 11.6 Å². The van der Waals surface area contributed by atoms with Crippen molar-refractivity contribution in [2.45, 2.75) is 57.9 Å². The zero-order valence-corrected chi connectivity index (χ0v) is 12.0. The van der Waals surface area contributed by atoms with Gasteiger partial charge in [0.2, 0.25) is 0 Å². The lowest BCUT2D eigenvalue weighted by molar-refractivity contribution is 0.108. The first kappa shape index (κ1) is 12.9. The molecule has 0 aromatic heterocycles. The number of urea groups is 1. The van der Waals surface area contributed by atoms with E-state index in [0.717, 1.165) is 37.6 Å². The van der Waals surface area contributed by atoms with Gasteiger partial charge in [-0.05, 0) is 49.9 Å². The van der Waals surface area contributed by atoms with E-state index in [2.05, 4.69) is 19.2 Å². The minimum atomic E-state index is -0.299. The first-order valence-electron chi connectivity index (χ1n) is 7.70. The molecule has 0 bridgehead atoms. The van der Waals surface area contributed by atoms with Gasteiger partial charge in [0.05, 0.1) is 0 Å². The number of nitrogens with zero attached hydrogens (tertiary/aromatic N) is 1. The van der Waals surface area contributed by atoms with E-state index in [0.29, 0.717) is 11.8 Å². The molecule has 0 aromatic rings. The van der Waals surface area contributed by atoms with Gasteiger partial charge in [-0.15, -0.1) is 0 Å². The van der Waals surface area contributed by atoms with Crippen molar-refractivity contribution in [1.29, 1.82) is 5.41 Å². The molecule has 2 unspecified atom stereocenters. The van der Waals surface area contributed by atoms with Crippen molar-refractivity contribution in [2.24, 2.45) is 17.8 Å². The molecule has 3 aliphatic rings. The molecule has 1 heterocycles. The molecule has 2 saturated carbocycles. The zero-order chi connectivity index (χ0) is 13.6. The molecule has 0 aromatic carbocycles. The molecule has 1 saturated heterocycles. The lowest BCUT2D eigenvalue weighted by Gasteiger charge is -2.43. The summed E-state index contributed by atoms with van der Waals surface area (Å²) in [5, 5.41) is 11.1. The molecule has 1 aliphatic heterocycles. The van der Waals surface area contributed by atoms with Crippen LogP contribution >= 0.6 is 0 Å². The predicted octanol–water partition coefficient (Wildman–Crippen LogP) is 2.98. The quantitative estimate of drug-likeness (QED) is 0.808. The Morgan fingerprint density at radius 2 is 2.11 bits per heavy atom. The Morgan fingerprint density at radius 3 is 2.74 bits per heavy atom. The van der Waals surface area contributed by atoms with Crippen LogP contribution in [0.1, 0.15) is 52.4 Å². The van der Waals surface area contributed by atoms with E-state index in [1.165, 1.54) is 19.3 Å². The van der Waals surface area contributed by atoms with Crippen molar-refractivity contribution in [1.82, 2.24) is 10.2 Å². The summed E-state index contributed by atoms with van der Waals surface area (Å²) in [5.41, 5.74) is -0.299. The van der Waals surface area contributed by atoms with Gasteiger partial charge in [-0.1, -0.05) is 20.3 Å². The lowest BCUT2D eigenvalue weighted by Crippen LogP contribution is -2.53. The summed E-state index contributed by atoms with van der Waals surface area (Å²) < 4.78 is 0. The van der Waals surface area contributed by atoms with Crippen molar-refractivity contribution in [3.8, 4) is 0 Å². The predicted molar refractivity (Wildman–Crippen MR) is 75.2 cm³/mol. The summed E-state index contributed by atoms with van der Waals surface area (Å²) in [4.78, 5) is 14.1. The number of amidine groups is 1. The number of rotatable bonds is 3. The van der Waals surface area contributed by atoms with Crippen molar-refractivity contribution >= 4 is 11.9 Å². The summed E-state index contributed by atoms with van der Waals surface area (Å²) in [7, 11) is 0. The summed E-state index contributed by atoms with van der Waals surface area (Å²) in [6.07, 6.45) is 7.16. The maximum absolute atomic E-state index is 12.2. The Labute approximate surface area is 115 Å². The second-order valence-electron chi connectivity index (χ2n) is 7.04. The minimum Gasteiger partial charge on any atom is -0.311 e. The third-order valence-corrected chi connectivity index (χ3v) is 5.06.